The van der Waals surface area contributed by atoms with Crippen LogP contribution < -0.4 is 4.74 Å². The van der Waals surface area contributed by atoms with Gasteiger partial charge in [0.1, 0.15) is 11.3 Å². The molecule has 1 aromatic rings. The van der Waals surface area contributed by atoms with E-state index in [4.69, 9.17) is 4.74 Å². The van der Waals surface area contributed by atoms with Gasteiger partial charge < -0.3 is 9.47 Å². The molecule has 0 unspecified atom stereocenters. The molecule has 4 nitrogen and oxygen atoms in total. The summed E-state index contributed by atoms with van der Waals surface area (Å²) < 4.78 is 9.68. The summed E-state index contributed by atoms with van der Waals surface area (Å²) in [6, 6.07) is 5.17. The number of carbonyl (C=O) groups excluding carboxylic acids is 2. The second-order valence-electron chi connectivity index (χ2n) is 3.23. The van der Waals surface area contributed by atoms with Crippen molar-refractivity contribution in [2.24, 2.45) is 0 Å². The molecule has 0 aliphatic rings. The van der Waals surface area contributed by atoms with Gasteiger partial charge >= 0.3 is 11.9 Å². The van der Waals surface area contributed by atoms with E-state index in [1.54, 1.807) is 12.1 Å². The molecule has 0 radical (unpaired) electrons. The van der Waals surface area contributed by atoms with E-state index in [2.05, 4.69) is 4.74 Å². The smallest absolute Gasteiger partial charge is 0.349 e. The van der Waals surface area contributed by atoms with Gasteiger partial charge in [0.2, 0.25) is 0 Å². The number of hydrogen-bond acceptors (Lipinski definition) is 4. The Morgan fingerprint density at radius 1 is 1.31 bits per heavy atom. The SMILES string of the molecule is CCc1cccc(C(=O)OC(C)=O)c1OC. The van der Waals surface area contributed by atoms with Crippen LogP contribution in [0.15, 0.2) is 18.2 Å². The number of carbonyl (C=O) groups is 2. The van der Waals surface area contributed by atoms with Gasteiger partial charge in [-0.3, -0.25) is 4.79 Å². The van der Waals surface area contributed by atoms with Gasteiger partial charge in [0.25, 0.3) is 0 Å². The molecule has 16 heavy (non-hydrogen) atoms. The van der Waals surface area contributed by atoms with Gasteiger partial charge in [0.05, 0.1) is 7.11 Å². The minimum absolute atomic E-state index is 0.275. The van der Waals surface area contributed by atoms with Crippen LogP contribution >= 0.6 is 0 Å². The van der Waals surface area contributed by atoms with E-state index in [0.29, 0.717) is 5.75 Å². The summed E-state index contributed by atoms with van der Waals surface area (Å²) in [5.74, 6) is -0.843. The first-order valence-corrected chi connectivity index (χ1v) is 4.98. The second kappa shape index (κ2) is 5.30. The molecule has 0 atom stereocenters. The van der Waals surface area contributed by atoms with Crippen LogP contribution in [0.3, 0.4) is 0 Å². The van der Waals surface area contributed by atoms with E-state index in [9.17, 15) is 9.59 Å². The first kappa shape index (κ1) is 12.2. The number of rotatable bonds is 3. The number of aryl methyl sites for hydroxylation is 1. The normalized spacial score (nSPS) is 9.69. The zero-order chi connectivity index (χ0) is 12.1. The molecule has 0 fully saturated rings. The molecule has 0 aromatic heterocycles. The molecule has 0 aliphatic heterocycles. The third-order valence-electron chi connectivity index (χ3n) is 2.14. The Labute approximate surface area is 94.2 Å². The summed E-state index contributed by atoms with van der Waals surface area (Å²) in [5.41, 5.74) is 1.18. The lowest BCUT2D eigenvalue weighted by Gasteiger charge is -2.10. The van der Waals surface area contributed by atoms with Crippen molar-refractivity contribution in [3.63, 3.8) is 0 Å². The van der Waals surface area contributed by atoms with Crippen molar-refractivity contribution in [3.05, 3.63) is 29.3 Å². The van der Waals surface area contributed by atoms with Crippen LogP contribution in [0.4, 0.5) is 0 Å². The second-order valence-corrected chi connectivity index (χ2v) is 3.23. The maximum Gasteiger partial charge on any atom is 0.349 e. The van der Waals surface area contributed by atoms with Crippen molar-refractivity contribution >= 4 is 11.9 Å². The van der Waals surface area contributed by atoms with Crippen LogP contribution in [0, 0.1) is 0 Å². The molecule has 4 heteroatoms. The Morgan fingerprint density at radius 2 is 2.00 bits per heavy atom. The summed E-state index contributed by atoms with van der Waals surface area (Å²) in [6.45, 7) is 3.14. The van der Waals surface area contributed by atoms with Crippen LogP contribution in [0.25, 0.3) is 0 Å². The molecule has 0 aliphatic carbocycles. The Kier molecular flexibility index (Phi) is 4.05. The first-order chi connectivity index (χ1) is 7.60. The van der Waals surface area contributed by atoms with Gasteiger partial charge in [-0.25, -0.2) is 4.79 Å². The number of esters is 2. The van der Waals surface area contributed by atoms with E-state index in [1.807, 2.05) is 13.0 Å². The van der Waals surface area contributed by atoms with Crippen molar-refractivity contribution in [1.82, 2.24) is 0 Å². The largest absolute Gasteiger partial charge is 0.496 e. The number of ether oxygens (including phenoxy) is 2. The Balaban J connectivity index is 3.12. The zero-order valence-electron chi connectivity index (χ0n) is 9.57. The summed E-state index contributed by atoms with van der Waals surface area (Å²) >= 11 is 0. The summed E-state index contributed by atoms with van der Waals surface area (Å²) in [4.78, 5) is 22.3. The van der Waals surface area contributed by atoms with Crippen LogP contribution in [0.2, 0.25) is 0 Å². The summed E-state index contributed by atoms with van der Waals surface area (Å²) in [6.07, 6.45) is 0.740. The quantitative estimate of drug-likeness (QED) is 0.579. The number of para-hydroxylation sites is 1. The van der Waals surface area contributed by atoms with E-state index >= 15 is 0 Å². The van der Waals surface area contributed by atoms with Crippen LogP contribution in [0.5, 0.6) is 5.75 Å². The molecule has 1 rings (SSSR count). The van der Waals surface area contributed by atoms with Crippen molar-refractivity contribution in [2.75, 3.05) is 7.11 Å². The molecule has 1 aromatic carbocycles. The molecule has 0 amide bonds. The average Bonchev–Trinajstić information content (AvgIpc) is 2.26. The highest BCUT2D eigenvalue weighted by Crippen LogP contribution is 2.24. The van der Waals surface area contributed by atoms with Gasteiger partial charge in [-0.15, -0.1) is 0 Å². The van der Waals surface area contributed by atoms with Crippen molar-refractivity contribution in [2.45, 2.75) is 20.3 Å². The standard InChI is InChI=1S/C12H14O4/c1-4-9-6-5-7-10(11(9)15-3)12(14)16-8(2)13/h5-7H,4H2,1-3H3. The molecule has 0 saturated heterocycles. The highest BCUT2D eigenvalue weighted by molar-refractivity contribution is 5.98. The molecule has 0 spiro atoms. The van der Waals surface area contributed by atoms with Crippen LogP contribution in [-0.2, 0) is 16.0 Å². The monoisotopic (exact) mass is 222 g/mol. The number of benzene rings is 1. The molecule has 86 valence electrons. The van der Waals surface area contributed by atoms with Crippen molar-refractivity contribution in [1.29, 1.82) is 0 Å². The molecular weight excluding hydrogens is 208 g/mol. The van der Waals surface area contributed by atoms with Gasteiger partial charge in [0, 0.05) is 6.92 Å². The summed E-state index contributed by atoms with van der Waals surface area (Å²) in [5, 5.41) is 0. The third kappa shape index (κ3) is 2.59. The maximum atomic E-state index is 11.6. The van der Waals surface area contributed by atoms with Crippen LogP contribution in [0.1, 0.15) is 29.8 Å². The van der Waals surface area contributed by atoms with Gasteiger partial charge in [-0.05, 0) is 18.1 Å². The lowest BCUT2D eigenvalue weighted by molar-refractivity contribution is -0.135. The fourth-order valence-corrected chi connectivity index (χ4v) is 1.45. The molecule has 0 bridgehead atoms. The van der Waals surface area contributed by atoms with Gasteiger partial charge in [0.15, 0.2) is 0 Å². The van der Waals surface area contributed by atoms with E-state index < -0.39 is 11.9 Å². The zero-order valence-corrected chi connectivity index (χ0v) is 9.57. The maximum absolute atomic E-state index is 11.6. The van der Waals surface area contributed by atoms with E-state index in [0.717, 1.165) is 12.0 Å². The van der Waals surface area contributed by atoms with Crippen LogP contribution in [-0.4, -0.2) is 19.0 Å². The fourth-order valence-electron chi connectivity index (χ4n) is 1.45. The first-order valence-electron chi connectivity index (χ1n) is 4.98. The minimum atomic E-state index is -0.681. The van der Waals surface area contributed by atoms with Gasteiger partial charge in [-0.2, -0.15) is 0 Å². The van der Waals surface area contributed by atoms with Crippen molar-refractivity contribution < 1.29 is 19.1 Å². The Bertz CT molecular complexity index is 409. The third-order valence-corrected chi connectivity index (χ3v) is 2.14. The Morgan fingerprint density at radius 3 is 2.50 bits per heavy atom. The predicted molar refractivity (Wildman–Crippen MR) is 58.5 cm³/mol. The van der Waals surface area contributed by atoms with Crippen molar-refractivity contribution in [3.8, 4) is 5.75 Å². The highest BCUT2D eigenvalue weighted by Gasteiger charge is 2.17. The Hall–Kier alpha value is -1.84. The van der Waals surface area contributed by atoms with E-state index in [1.165, 1.54) is 14.0 Å². The fraction of sp³-hybridized carbons (Fsp3) is 0.333. The molecule has 0 saturated carbocycles. The summed E-state index contributed by atoms with van der Waals surface area (Å²) in [7, 11) is 1.49. The lowest BCUT2D eigenvalue weighted by Crippen LogP contribution is -2.11. The van der Waals surface area contributed by atoms with E-state index in [-0.39, 0.29) is 5.56 Å². The average molecular weight is 222 g/mol. The lowest BCUT2D eigenvalue weighted by atomic mass is 10.1. The molecular formula is C12H14O4. The number of hydrogen-bond donors (Lipinski definition) is 0. The molecule has 0 N–H and O–H groups in total. The van der Waals surface area contributed by atoms with Gasteiger partial charge in [-0.1, -0.05) is 19.1 Å². The topological polar surface area (TPSA) is 52.6 Å². The predicted octanol–water partition coefficient (Wildman–Crippen LogP) is 1.96. The number of methoxy groups -OCH3 is 1. The highest BCUT2D eigenvalue weighted by atomic mass is 16.6. The molecule has 0 heterocycles. The minimum Gasteiger partial charge on any atom is -0.496 e.